The summed E-state index contributed by atoms with van der Waals surface area (Å²) in [6, 6.07) is 8.39. The van der Waals surface area contributed by atoms with E-state index in [1.165, 1.54) is 23.5 Å². The lowest BCUT2D eigenvalue weighted by molar-refractivity contribution is -0.0104. The predicted molar refractivity (Wildman–Crippen MR) is 127 cm³/mol. The van der Waals surface area contributed by atoms with Crippen LogP contribution in [0.25, 0.3) is 0 Å². The maximum absolute atomic E-state index is 5.58. The molecule has 2 atom stereocenters. The molecule has 1 aromatic carbocycles. The van der Waals surface area contributed by atoms with E-state index >= 15 is 0 Å². The van der Waals surface area contributed by atoms with Gasteiger partial charge in [0.2, 0.25) is 0 Å². The molecule has 2 fully saturated rings. The van der Waals surface area contributed by atoms with Crippen molar-refractivity contribution < 1.29 is 9.47 Å². The van der Waals surface area contributed by atoms with E-state index in [9.17, 15) is 0 Å². The third kappa shape index (κ3) is 6.28. The molecule has 1 aromatic rings. The van der Waals surface area contributed by atoms with Crippen LogP contribution >= 0.6 is 11.8 Å². The van der Waals surface area contributed by atoms with Crippen LogP contribution in [0.2, 0.25) is 0 Å². The van der Waals surface area contributed by atoms with Crippen LogP contribution in [0.3, 0.4) is 0 Å². The lowest BCUT2D eigenvalue weighted by Crippen LogP contribution is -2.56. The third-order valence-electron chi connectivity index (χ3n) is 6.19. The number of nitrogens with zero attached hydrogens (tertiary/aromatic N) is 2. The Morgan fingerprint density at radius 1 is 1.27 bits per heavy atom. The van der Waals surface area contributed by atoms with Gasteiger partial charge in [0.05, 0.1) is 32.4 Å². The first kappa shape index (κ1) is 23.2. The molecule has 2 aliphatic heterocycles. The highest BCUT2D eigenvalue weighted by atomic mass is 32.2. The van der Waals surface area contributed by atoms with Crippen LogP contribution in [-0.4, -0.2) is 81.0 Å². The predicted octanol–water partition coefficient (Wildman–Crippen LogP) is 2.95. The number of aliphatic imine (C=N–C) groups is 1. The van der Waals surface area contributed by atoms with Crippen molar-refractivity contribution in [3.05, 3.63) is 29.8 Å². The number of benzene rings is 1. The molecule has 2 saturated heterocycles. The molecule has 0 aromatic heterocycles. The quantitative estimate of drug-likeness (QED) is 0.460. The van der Waals surface area contributed by atoms with Crippen LogP contribution in [0.1, 0.15) is 38.2 Å². The Morgan fingerprint density at radius 2 is 2.03 bits per heavy atom. The van der Waals surface area contributed by atoms with Crippen molar-refractivity contribution in [1.29, 1.82) is 0 Å². The van der Waals surface area contributed by atoms with Gasteiger partial charge in [0.1, 0.15) is 5.75 Å². The molecule has 168 valence electrons. The van der Waals surface area contributed by atoms with Gasteiger partial charge in [-0.15, -0.1) is 0 Å². The number of methoxy groups -OCH3 is 1. The lowest BCUT2D eigenvalue weighted by atomic mass is 9.96. The molecule has 0 spiro atoms. The summed E-state index contributed by atoms with van der Waals surface area (Å²) in [5, 5.41) is 6.98. The molecule has 0 bridgehead atoms. The molecule has 0 saturated carbocycles. The van der Waals surface area contributed by atoms with Crippen molar-refractivity contribution >= 4 is 17.7 Å². The Balaban J connectivity index is 1.54. The van der Waals surface area contributed by atoms with E-state index < -0.39 is 0 Å². The standard InChI is InChI=1S/C23H38N4O2S/c1-4-24-22(25-11-9-19(2)20-5-7-21(28-3)8-6-20)26-17-23(10-16-30-18-23)27-12-14-29-15-13-27/h5-8,19H,4,9-18H2,1-3H3,(H2,24,25,26). The van der Waals surface area contributed by atoms with Crippen LogP contribution in [-0.2, 0) is 4.74 Å². The fraction of sp³-hybridized carbons (Fsp3) is 0.696. The number of rotatable bonds is 9. The molecule has 3 rings (SSSR count). The van der Waals surface area contributed by atoms with Crippen molar-refractivity contribution in [3.63, 3.8) is 0 Å². The first-order valence-electron chi connectivity index (χ1n) is 11.2. The summed E-state index contributed by atoms with van der Waals surface area (Å²) < 4.78 is 10.8. The van der Waals surface area contributed by atoms with Crippen LogP contribution in [0.5, 0.6) is 5.75 Å². The summed E-state index contributed by atoms with van der Waals surface area (Å²) in [7, 11) is 1.71. The van der Waals surface area contributed by atoms with Crippen LogP contribution < -0.4 is 15.4 Å². The minimum atomic E-state index is 0.188. The minimum Gasteiger partial charge on any atom is -0.497 e. The van der Waals surface area contributed by atoms with Gasteiger partial charge in [0, 0.05) is 31.9 Å². The summed E-state index contributed by atoms with van der Waals surface area (Å²) in [4.78, 5) is 7.64. The molecule has 0 amide bonds. The van der Waals surface area contributed by atoms with Gasteiger partial charge < -0.3 is 20.1 Å². The van der Waals surface area contributed by atoms with Gasteiger partial charge in [0.25, 0.3) is 0 Å². The highest BCUT2D eigenvalue weighted by Crippen LogP contribution is 2.34. The molecule has 2 N–H and O–H groups in total. The van der Waals surface area contributed by atoms with E-state index in [1.54, 1.807) is 7.11 Å². The van der Waals surface area contributed by atoms with Crippen LogP contribution in [0.15, 0.2) is 29.3 Å². The number of ether oxygens (including phenoxy) is 2. The zero-order valence-corrected chi connectivity index (χ0v) is 19.6. The number of hydrogen-bond acceptors (Lipinski definition) is 5. The maximum Gasteiger partial charge on any atom is 0.191 e. The second kappa shape index (κ2) is 11.8. The Kier molecular flexibility index (Phi) is 9.15. The van der Waals surface area contributed by atoms with Gasteiger partial charge in [0.15, 0.2) is 5.96 Å². The molecule has 7 heteroatoms. The topological polar surface area (TPSA) is 58.1 Å². The molecule has 30 heavy (non-hydrogen) atoms. The van der Waals surface area contributed by atoms with E-state index in [-0.39, 0.29) is 5.54 Å². The summed E-state index contributed by atoms with van der Waals surface area (Å²) >= 11 is 2.06. The van der Waals surface area contributed by atoms with E-state index in [0.29, 0.717) is 5.92 Å². The van der Waals surface area contributed by atoms with Crippen molar-refractivity contribution in [2.75, 3.05) is 64.6 Å². The molecule has 2 heterocycles. The van der Waals surface area contributed by atoms with Crippen molar-refractivity contribution in [1.82, 2.24) is 15.5 Å². The summed E-state index contributed by atoms with van der Waals surface area (Å²) in [5.41, 5.74) is 1.53. The summed E-state index contributed by atoms with van der Waals surface area (Å²) in [6.45, 7) is 10.8. The SMILES string of the molecule is CCNC(=NCC1(N2CCOCC2)CCSC1)NCCC(C)c1ccc(OC)cc1. The summed E-state index contributed by atoms with van der Waals surface area (Å²) in [6.07, 6.45) is 2.27. The number of thioether (sulfide) groups is 1. The fourth-order valence-corrected chi connectivity index (χ4v) is 5.65. The molecular formula is C23H38N4O2S. The number of nitrogens with one attached hydrogen (secondary N) is 2. The Labute approximate surface area is 186 Å². The second-order valence-electron chi connectivity index (χ2n) is 8.21. The van der Waals surface area contributed by atoms with E-state index in [0.717, 1.165) is 64.1 Å². The fourth-order valence-electron chi connectivity index (χ4n) is 4.18. The minimum absolute atomic E-state index is 0.188. The average molecular weight is 435 g/mol. The number of morpholine rings is 1. The van der Waals surface area contributed by atoms with Gasteiger partial charge in [-0.2, -0.15) is 11.8 Å². The number of hydrogen-bond donors (Lipinski definition) is 2. The van der Waals surface area contributed by atoms with Gasteiger partial charge in [-0.1, -0.05) is 19.1 Å². The van der Waals surface area contributed by atoms with Crippen molar-refractivity contribution in [2.24, 2.45) is 4.99 Å². The average Bonchev–Trinajstić information content (AvgIpc) is 3.28. The van der Waals surface area contributed by atoms with Crippen molar-refractivity contribution in [3.8, 4) is 5.75 Å². The molecular weight excluding hydrogens is 396 g/mol. The molecule has 2 aliphatic rings. The molecule has 6 nitrogen and oxygen atoms in total. The van der Waals surface area contributed by atoms with E-state index in [4.69, 9.17) is 14.5 Å². The van der Waals surface area contributed by atoms with Gasteiger partial charge >= 0.3 is 0 Å². The van der Waals surface area contributed by atoms with Crippen LogP contribution in [0.4, 0.5) is 0 Å². The first-order chi connectivity index (χ1) is 14.7. The lowest BCUT2D eigenvalue weighted by Gasteiger charge is -2.42. The van der Waals surface area contributed by atoms with E-state index in [2.05, 4.69) is 53.3 Å². The Bertz CT molecular complexity index is 656. The highest BCUT2D eigenvalue weighted by molar-refractivity contribution is 7.99. The third-order valence-corrected chi connectivity index (χ3v) is 7.43. The van der Waals surface area contributed by atoms with Gasteiger partial charge in [-0.25, -0.2) is 0 Å². The summed E-state index contributed by atoms with van der Waals surface area (Å²) in [5.74, 6) is 4.73. The van der Waals surface area contributed by atoms with Gasteiger partial charge in [-0.05, 0) is 49.1 Å². The largest absolute Gasteiger partial charge is 0.497 e. The smallest absolute Gasteiger partial charge is 0.191 e. The molecule has 0 radical (unpaired) electrons. The monoisotopic (exact) mass is 434 g/mol. The molecule has 0 aliphatic carbocycles. The highest BCUT2D eigenvalue weighted by Gasteiger charge is 2.40. The van der Waals surface area contributed by atoms with Gasteiger partial charge in [-0.3, -0.25) is 9.89 Å². The Hall–Kier alpha value is -1.44. The second-order valence-corrected chi connectivity index (χ2v) is 9.32. The molecule has 2 unspecified atom stereocenters. The zero-order chi connectivity index (χ0) is 21.2. The normalized spacial score (nSPS) is 23.9. The van der Waals surface area contributed by atoms with E-state index in [1.807, 2.05) is 12.1 Å². The number of guanidine groups is 1. The Morgan fingerprint density at radius 3 is 2.67 bits per heavy atom. The van der Waals surface area contributed by atoms with Crippen LogP contribution in [0, 0.1) is 0 Å². The maximum atomic E-state index is 5.58. The van der Waals surface area contributed by atoms with Crippen molar-refractivity contribution in [2.45, 2.75) is 38.1 Å². The first-order valence-corrected chi connectivity index (χ1v) is 12.4. The zero-order valence-electron chi connectivity index (χ0n) is 18.8.